The van der Waals surface area contributed by atoms with Crippen LogP contribution in [0.2, 0.25) is 0 Å². The lowest BCUT2D eigenvalue weighted by atomic mass is 10.0. The van der Waals surface area contributed by atoms with Gasteiger partial charge in [0.2, 0.25) is 0 Å². The van der Waals surface area contributed by atoms with Crippen molar-refractivity contribution in [2.45, 2.75) is 38.0 Å². The van der Waals surface area contributed by atoms with Gasteiger partial charge in [-0.25, -0.2) is 10.4 Å². The molecule has 24 heavy (non-hydrogen) atoms. The molecule has 1 unspecified atom stereocenters. The van der Waals surface area contributed by atoms with Crippen molar-refractivity contribution in [2.24, 2.45) is 0 Å². The molecule has 0 saturated carbocycles. The summed E-state index contributed by atoms with van der Waals surface area (Å²) in [5, 5.41) is 3.96. The zero-order valence-electron chi connectivity index (χ0n) is 13.8. The number of halogens is 3. The van der Waals surface area contributed by atoms with Crippen LogP contribution in [-0.2, 0) is 0 Å². The number of nitrogens with zero attached hydrogens (tertiary/aromatic N) is 3. The van der Waals surface area contributed by atoms with Crippen molar-refractivity contribution in [3.8, 4) is 0 Å². The second-order valence-electron chi connectivity index (χ2n) is 6.32. The molecule has 0 spiro atoms. The Hall–Kier alpha value is -1.80. The van der Waals surface area contributed by atoms with Crippen molar-refractivity contribution >= 4 is 11.5 Å². The van der Waals surface area contributed by atoms with E-state index >= 15 is 0 Å². The number of aromatic nitrogens is 1. The molecular weight excluding hydrogens is 319 g/mol. The maximum absolute atomic E-state index is 13.6. The van der Waals surface area contributed by atoms with Crippen LogP contribution < -0.4 is 15.8 Å². The van der Waals surface area contributed by atoms with Crippen molar-refractivity contribution in [2.75, 3.05) is 30.5 Å². The number of hydrazine groups is 1. The van der Waals surface area contributed by atoms with E-state index in [9.17, 15) is 13.2 Å². The number of hydrogen-bond donors (Lipinski definition) is 2. The minimum Gasteiger partial charge on any atom is -0.373 e. The molecule has 5 nitrogen and oxygen atoms in total. The molecule has 8 heteroatoms. The topological polar surface area (TPSA) is 43.4 Å². The first-order valence-electron chi connectivity index (χ1n) is 8.10. The van der Waals surface area contributed by atoms with Crippen LogP contribution in [0.4, 0.5) is 24.7 Å². The predicted octanol–water partition coefficient (Wildman–Crippen LogP) is 3.10. The Morgan fingerprint density at radius 2 is 1.92 bits per heavy atom. The molecule has 2 aliphatic rings. The SMILES string of the molecule is CNc1ccc(N2NC(C)(N3CCCCC3)C=C2C(F)(F)F)cn1. The number of likely N-dealkylation sites (tertiary alicyclic amines) is 1. The van der Waals surface area contributed by atoms with Gasteiger partial charge in [0.25, 0.3) is 0 Å². The highest BCUT2D eigenvalue weighted by Gasteiger charge is 2.48. The maximum Gasteiger partial charge on any atom is 0.432 e. The molecule has 0 aliphatic carbocycles. The lowest BCUT2D eigenvalue weighted by Gasteiger charge is -2.40. The molecule has 0 amide bonds. The van der Waals surface area contributed by atoms with E-state index in [1.807, 2.05) is 0 Å². The molecule has 0 bridgehead atoms. The highest BCUT2D eigenvalue weighted by Crippen LogP contribution is 2.38. The summed E-state index contributed by atoms with van der Waals surface area (Å²) in [6.45, 7) is 3.37. The Morgan fingerprint density at radius 3 is 2.46 bits per heavy atom. The summed E-state index contributed by atoms with van der Waals surface area (Å²) in [7, 11) is 1.71. The highest BCUT2D eigenvalue weighted by atomic mass is 19.4. The van der Waals surface area contributed by atoms with E-state index in [4.69, 9.17) is 0 Å². The van der Waals surface area contributed by atoms with Gasteiger partial charge in [-0.3, -0.25) is 9.91 Å². The van der Waals surface area contributed by atoms with Gasteiger partial charge in [0.1, 0.15) is 17.2 Å². The minimum absolute atomic E-state index is 0.360. The number of anilines is 2. The molecule has 1 fully saturated rings. The molecule has 3 rings (SSSR count). The summed E-state index contributed by atoms with van der Waals surface area (Å²) < 4.78 is 40.7. The quantitative estimate of drug-likeness (QED) is 0.884. The fraction of sp³-hybridized carbons (Fsp3) is 0.562. The third-order valence-electron chi connectivity index (χ3n) is 4.56. The molecule has 1 atom stereocenters. The van der Waals surface area contributed by atoms with Crippen LogP contribution in [0.1, 0.15) is 26.2 Å². The molecule has 2 N–H and O–H groups in total. The van der Waals surface area contributed by atoms with Gasteiger partial charge in [0.15, 0.2) is 0 Å². The summed E-state index contributed by atoms with van der Waals surface area (Å²) in [5.41, 5.74) is 1.84. The van der Waals surface area contributed by atoms with E-state index in [2.05, 4.69) is 20.6 Å². The van der Waals surface area contributed by atoms with Crippen LogP contribution >= 0.6 is 0 Å². The lowest BCUT2D eigenvalue weighted by molar-refractivity contribution is -0.0931. The van der Waals surface area contributed by atoms with Gasteiger partial charge in [-0.1, -0.05) is 6.42 Å². The van der Waals surface area contributed by atoms with E-state index < -0.39 is 17.5 Å². The summed E-state index contributed by atoms with van der Waals surface area (Å²) >= 11 is 0. The first-order chi connectivity index (χ1) is 11.3. The van der Waals surface area contributed by atoms with E-state index in [1.54, 1.807) is 26.1 Å². The van der Waals surface area contributed by atoms with Gasteiger partial charge in [-0.2, -0.15) is 13.2 Å². The van der Waals surface area contributed by atoms with Gasteiger partial charge in [0, 0.05) is 20.1 Å². The average Bonchev–Trinajstić information content (AvgIpc) is 2.95. The van der Waals surface area contributed by atoms with Crippen molar-refractivity contribution < 1.29 is 13.2 Å². The summed E-state index contributed by atoms with van der Waals surface area (Å²) in [6, 6.07) is 3.27. The number of nitrogens with one attached hydrogen (secondary N) is 2. The van der Waals surface area contributed by atoms with Crippen LogP contribution in [-0.4, -0.2) is 41.9 Å². The number of pyridine rings is 1. The highest BCUT2D eigenvalue weighted by molar-refractivity contribution is 5.56. The molecule has 3 heterocycles. The Kier molecular flexibility index (Phi) is 4.44. The largest absolute Gasteiger partial charge is 0.432 e. The van der Waals surface area contributed by atoms with Crippen LogP contribution in [0.3, 0.4) is 0 Å². The monoisotopic (exact) mass is 341 g/mol. The smallest absolute Gasteiger partial charge is 0.373 e. The van der Waals surface area contributed by atoms with Gasteiger partial charge in [0.05, 0.1) is 11.9 Å². The van der Waals surface area contributed by atoms with Gasteiger partial charge < -0.3 is 5.32 Å². The number of piperidine rings is 1. The summed E-state index contributed by atoms with van der Waals surface area (Å²) in [6.07, 6.45) is 1.41. The fourth-order valence-electron chi connectivity index (χ4n) is 3.25. The molecule has 0 radical (unpaired) electrons. The number of rotatable bonds is 3. The Balaban J connectivity index is 1.92. The third kappa shape index (κ3) is 3.21. The Morgan fingerprint density at radius 1 is 1.21 bits per heavy atom. The predicted molar refractivity (Wildman–Crippen MR) is 87.4 cm³/mol. The summed E-state index contributed by atoms with van der Waals surface area (Å²) in [5.74, 6) is 0.606. The van der Waals surface area contributed by atoms with Gasteiger partial charge in [-0.15, -0.1) is 0 Å². The number of alkyl halides is 3. The van der Waals surface area contributed by atoms with E-state index in [0.717, 1.165) is 37.4 Å². The standard InChI is InChI=1S/C16H22F3N5/c1-15(23-8-4-3-5-9-23)10-13(16(17,18)19)24(22-15)12-6-7-14(20-2)21-11-12/h6-7,10-11,22H,3-5,8-9H2,1-2H3,(H,20,21). The zero-order chi connectivity index (χ0) is 17.4. The maximum atomic E-state index is 13.6. The van der Waals surface area contributed by atoms with Gasteiger partial charge >= 0.3 is 6.18 Å². The van der Waals surface area contributed by atoms with Crippen molar-refractivity contribution in [1.82, 2.24) is 15.3 Å². The fourth-order valence-corrected chi connectivity index (χ4v) is 3.25. The van der Waals surface area contributed by atoms with Crippen LogP contribution in [0.5, 0.6) is 0 Å². The number of allylic oxidation sites excluding steroid dienone is 1. The second-order valence-corrected chi connectivity index (χ2v) is 6.32. The van der Waals surface area contributed by atoms with Crippen LogP contribution in [0.25, 0.3) is 0 Å². The van der Waals surface area contributed by atoms with Gasteiger partial charge in [-0.05, 0) is 38.0 Å². The van der Waals surface area contributed by atoms with Crippen molar-refractivity contribution in [3.05, 3.63) is 30.1 Å². The number of hydrogen-bond acceptors (Lipinski definition) is 5. The average molecular weight is 341 g/mol. The lowest BCUT2D eigenvalue weighted by Crippen LogP contribution is -2.58. The molecular formula is C16H22F3N5. The molecule has 2 aliphatic heterocycles. The summed E-state index contributed by atoms with van der Waals surface area (Å²) in [4.78, 5) is 6.18. The minimum atomic E-state index is -4.44. The third-order valence-corrected chi connectivity index (χ3v) is 4.56. The first kappa shape index (κ1) is 17.0. The zero-order valence-corrected chi connectivity index (χ0v) is 13.8. The van der Waals surface area contributed by atoms with Crippen molar-refractivity contribution in [3.63, 3.8) is 0 Å². The van der Waals surface area contributed by atoms with E-state index in [-0.39, 0.29) is 0 Å². The molecule has 1 aromatic rings. The normalized spacial score (nSPS) is 25.7. The molecule has 1 aromatic heterocycles. The van der Waals surface area contributed by atoms with Crippen LogP contribution in [0, 0.1) is 0 Å². The molecule has 0 aromatic carbocycles. The Labute approximate surface area is 139 Å². The van der Waals surface area contributed by atoms with E-state index in [1.165, 1.54) is 12.3 Å². The van der Waals surface area contributed by atoms with Crippen LogP contribution in [0.15, 0.2) is 30.1 Å². The molecule has 1 saturated heterocycles. The van der Waals surface area contributed by atoms with E-state index in [0.29, 0.717) is 11.5 Å². The second kappa shape index (κ2) is 6.25. The molecule has 132 valence electrons. The Bertz CT molecular complexity index is 607. The first-order valence-corrected chi connectivity index (χ1v) is 8.10. The van der Waals surface area contributed by atoms with Crippen molar-refractivity contribution in [1.29, 1.82) is 0 Å².